The molecule has 0 aromatic heterocycles. The van der Waals surface area contributed by atoms with Crippen molar-refractivity contribution in [2.45, 2.75) is 103 Å². The van der Waals surface area contributed by atoms with Crippen molar-refractivity contribution in [1.29, 1.82) is 0 Å². The van der Waals surface area contributed by atoms with Crippen LogP contribution >= 0.6 is 0 Å². The van der Waals surface area contributed by atoms with Crippen LogP contribution in [0.15, 0.2) is 12.7 Å². The lowest BCUT2D eigenvalue weighted by atomic mass is 9.44. The van der Waals surface area contributed by atoms with Crippen molar-refractivity contribution in [3.8, 4) is 0 Å². The summed E-state index contributed by atoms with van der Waals surface area (Å²) in [6.07, 6.45) is 12.7. The largest absolute Gasteiger partial charge is 1.00 e. The third-order valence-corrected chi connectivity index (χ3v) is 13.1. The molecule has 4 aliphatic carbocycles. The van der Waals surface area contributed by atoms with Gasteiger partial charge in [-0.05, 0) is 73.7 Å². The Morgan fingerprint density at radius 1 is 1.10 bits per heavy atom. The normalized spacial score (nSPS) is 47.3. The van der Waals surface area contributed by atoms with Crippen molar-refractivity contribution in [2.75, 3.05) is 45.9 Å². The lowest BCUT2D eigenvalue weighted by molar-refractivity contribution is -0.937. The second-order valence-corrected chi connectivity index (χ2v) is 14.6. The van der Waals surface area contributed by atoms with Gasteiger partial charge in [-0.3, -0.25) is 9.69 Å². The number of carbonyl (C=O) groups is 1. The van der Waals surface area contributed by atoms with E-state index in [1.54, 1.807) is 6.92 Å². The van der Waals surface area contributed by atoms with Gasteiger partial charge in [0.15, 0.2) is 6.10 Å². The van der Waals surface area contributed by atoms with Crippen LogP contribution in [0.2, 0.25) is 0 Å². The molecule has 6 nitrogen and oxygen atoms in total. The Kier molecular flexibility index (Phi) is 8.70. The number of fused-ring (bicyclic) bond motifs is 5. The zero-order chi connectivity index (χ0) is 26.7. The number of rotatable bonds is 5. The van der Waals surface area contributed by atoms with Crippen LogP contribution in [-0.4, -0.2) is 90.7 Å². The highest BCUT2D eigenvalue weighted by Gasteiger charge is 2.67. The number of hydrogen-bond acceptors (Lipinski definition) is 5. The average Bonchev–Trinajstić information content (AvgIpc) is 3.48. The van der Waals surface area contributed by atoms with E-state index in [0.29, 0.717) is 29.7 Å². The molecule has 0 unspecified atom stereocenters. The summed E-state index contributed by atoms with van der Waals surface area (Å²) < 4.78 is 13.1. The first-order valence-corrected chi connectivity index (χ1v) is 15.9. The third-order valence-electron chi connectivity index (χ3n) is 13.1. The number of likely N-dealkylation sites (tertiary alicyclic amines) is 1. The van der Waals surface area contributed by atoms with Crippen molar-refractivity contribution in [3.63, 3.8) is 0 Å². The quantitative estimate of drug-likeness (QED) is 0.291. The molecule has 222 valence electrons. The minimum absolute atomic E-state index is 0. The summed E-state index contributed by atoms with van der Waals surface area (Å²) in [4.78, 5) is 15.0. The minimum Gasteiger partial charge on any atom is -1.00 e. The summed E-state index contributed by atoms with van der Waals surface area (Å²) in [7, 11) is 0. The maximum absolute atomic E-state index is 12.5. The van der Waals surface area contributed by atoms with Gasteiger partial charge in [-0.1, -0.05) is 20.4 Å². The summed E-state index contributed by atoms with van der Waals surface area (Å²) in [6, 6.07) is 0.663. The van der Waals surface area contributed by atoms with Crippen LogP contribution in [0.1, 0.15) is 78.6 Å². The van der Waals surface area contributed by atoms with Gasteiger partial charge in [0, 0.05) is 50.7 Å². The highest BCUT2D eigenvalue weighted by Crippen LogP contribution is 2.67. The smallest absolute Gasteiger partial charge is 0.303 e. The van der Waals surface area contributed by atoms with E-state index in [1.807, 2.05) is 0 Å². The van der Waals surface area contributed by atoms with Crippen molar-refractivity contribution in [2.24, 2.45) is 34.5 Å². The molecule has 0 amide bonds. The van der Waals surface area contributed by atoms with E-state index in [-0.39, 0.29) is 52.0 Å². The molecule has 0 aromatic rings. The van der Waals surface area contributed by atoms with Crippen LogP contribution in [0.3, 0.4) is 0 Å². The van der Waals surface area contributed by atoms with Crippen molar-refractivity contribution >= 4 is 5.97 Å². The molecule has 7 heteroatoms. The summed E-state index contributed by atoms with van der Waals surface area (Å²) in [5, 5.41) is 11.3. The van der Waals surface area contributed by atoms with E-state index < -0.39 is 0 Å². The van der Waals surface area contributed by atoms with Gasteiger partial charge in [0.05, 0.1) is 39.0 Å². The van der Waals surface area contributed by atoms with Crippen molar-refractivity contribution < 1.29 is 40.8 Å². The molecule has 6 rings (SSSR count). The summed E-state index contributed by atoms with van der Waals surface area (Å²) in [5.41, 5.74) is 0.343. The predicted molar refractivity (Wildman–Crippen MR) is 148 cm³/mol. The number of morpholine rings is 1. The molecule has 0 radical (unpaired) electrons. The number of aliphatic hydroxyl groups is 1. The molecule has 0 spiro atoms. The van der Waals surface area contributed by atoms with Gasteiger partial charge in [0.2, 0.25) is 0 Å². The molecule has 6 aliphatic rings. The number of hydrogen-bond donors (Lipinski definition) is 1. The molecule has 2 saturated heterocycles. The Bertz CT molecular complexity index is 905. The number of halogens is 1. The van der Waals surface area contributed by atoms with Crippen LogP contribution in [0.5, 0.6) is 0 Å². The highest BCUT2D eigenvalue weighted by molar-refractivity contribution is 5.66. The zero-order valence-electron chi connectivity index (χ0n) is 24.7. The van der Waals surface area contributed by atoms with Crippen molar-refractivity contribution in [1.82, 2.24) is 4.90 Å². The molecule has 4 saturated carbocycles. The molecule has 6 fully saturated rings. The zero-order valence-corrected chi connectivity index (χ0v) is 26.2. The lowest BCUT2D eigenvalue weighted by Gasteiger charge is -2.62. The number of quaternary nitrogens is 1. The second kappa shape index (κ2) is 11.3. The van der Waals surface area contributed by atoms with Crippen molar-refractivity contribution in [3.05, 3.63) is 12.7 Å². The summed E-state index contributed by atoms with van der Waals surface area (Å²) in [6.45, 7) is 17.7. The predicted octanol–water partition coefficient (Wildman–Crippen LogP) is 1.41. The van der Waals surface area contributed by atoms with Gasteiger partial charge in [-0.2, -0.15) is 0 Å². The van der Waals surface area contributed by atoms with Gasteiger partial charge in [0.25, 0.3) is 0 Å². The Morgan fingerprint density at radius 2 is 1.82 bits per heavy atom. The molecule has 2 heterocycles. The van der Waals surface area contributed by atoms with Gasteiger partial charge < -0.3 is 36.0 Å². The van der Waals surface area contributed by atoms with E-state index in [2.05, 4.69) is 31.4 Å². The highest BCUT2D eigenvalue weighted by atomic mass is 79.9. The number of nitrogens with zero attached hydrogens (tertiary/aromatic N) is 2. The molecule has 0 aromatic carbocycles. The van der Waals surface area contributed by atoms with Crippen LogP contribution in [0, 0.1) is 34.5 Å². The lowest BCUT2D eigenvalue weighted by Crippen LogP contribution is -3.00. The Hall–Kier alpha value is -0.470. The van der Waals surface area contributed by atoms with Crippen LogP contribution in [-0.2, 0) is 14.3 Å². The Balaban J connectivity index is 0.00000308. The maximum Gasteiger partial charge on any atom is 0.303 e. The van der Waals surface area contributed by atoms with Crippen LogP contribution in [0.25, 0.3) is 0 Å². The van der Waals surface area contributed by atoms with E-state index in [1.165, 1.54) is 51.6 Å². The first-order chi connectivity index (χ1) is 18.2. The minimum atomic E-state index is -0.209. The van der Waals surface area contributed by atoms with Crippen LogP contribution < -0.4 is 17.0 Å². The van der Waals surface area contributed by atoms with Gasteiger partial charge in [-0.25, -0.2) is 0 Å². The average molecular weight is 610 g/mol. The second-order valence-electron chi connectivity index (χ2n) is 14.6. The van der Waals surface area contributed by atoms with Gasteiger partial charge in [-0.15, -0.1) is 0 Å². The van der Waals surface area contributed by atoms with E-state index >= 15 is 0 Å². The molecule has 2 aliphatic heterocycles. The van der Waals surface area contributed by atoms with Gasteiger partial charge >= 0.3 is 5.97 Å². The third kappa shape index (κ3) is 4.88. The number of ether oxygens (including phenoxy) is 2. The fraction of sp³-hybridized carbons (Fsp3) is 0.906. The number of esters is 1. The Labute approximate surface area is 247 Å². The molecule has 0 bridgehead atoms. The maximum atomic E-state index is 12.5. The van der Waals surface area contributed by atoms with E-state index in [9.17, 15) is 9.90 Å². The fourth-order valence-electron chi connectivity index (χ4n) is 11.3. The topological polar surface area (TPSA) is 59.0 Å². The summed E-state index contributed by atoms with van der Waals surface area (Å²) >= 11 is 0. The standard InChI is InChI=1S/C32H53N2O4.BrH/c1-5-14-34(15-6-7-16-34)28-20-26-24-9-8-23-19-29(36)27(33-12-17-37-18-13-33)21-32(23,4)25(24)10-11-31(26,3)30(28)38-22(2)35;/h5,23-30,36H,1,6-21H2,2-4H3;1H/q+1;/p-1/t23-,24+,25-,26-,27-,28+,29-,30+,31-,32-;/m0./s1. The number of carbonyl (C=O) groups excluding carboxylic acids is 1. The molecule has 1 N–H and O–H groups in total. The summed E-state index contributed by atoms with van der Waals surface area (Å²) in [5.74, 6) is 2.54. The first-order valence-electron chi connectivity index (χ1n) is 15.9. The Morgan fingerprint density at radius 3 is 2.49 bits per heavy atom. The van der Waals surface area contributed by atoms with Gasteiger partial charge in [0.1, 0.15) is 6.04 Å². The van der Waals surface area contributed by atoms with E-state index in [0.717, 1.165) is 56.6 Å². The van der Waals surface area contributed by atoms with E-state index in [4.69, 9.17) is 9.47 Å². The monoisotopic (exact) mass is 608 g/mol. The number of aliphatic hydroxyl groups excluding tert-OH is 1. The fourth-order valence-corrected chi connectivity index (χ4v) is 11.3. The molecule has 10 atom stereocenters. The molecular formula is C32H53BrN2O4. The van der Waals surface area contributed by atoms with Crippen LogP contribution in [0.4, 0.5) is 0 Å². The molecular weight excluding hydrogens is 556 g/mol. The SMILES string of the molecule is C=CC[N+]1([C@@H]2C[C@H]3[C@@H]4CC[C@H]5C[C@H](O)[C@@H](N6CCOCC6)C[C@]5(C)[C@H]4CC[C@]3(C)[C@@H]2OC(C)=O)CCCC1.[Br-]. The first kappa shape index (κ1) is 30.0. The molecule has 39 heavy (non-hydrogen) atoms.